The van der Waals surface area contributed by atoms with E-state index in [9.17, 15) is 26.0 Å². The second kappa shape index (κ2) is 6.74. The van der Waals surface area contributed by atoms with E-state index in [2.05, 4.69) is 14.7 Å². The molecule has 11 heteroatoms. The lowest BCUT2D eigenvalue weighted by atomic mass is 9.98. The summed E-state index contributed by atoms with van der Waals surface area (Å²) in [5.41, 5.74) is -0.153. The zero-order valence-electron chi connectivity index (χ0n) is 13.6. The Kier molecular flexibility index (Phi) is 4.74. The minimum atomic E-state index is -4.69. The topological polar surface area (TPSA) is 99.1 Å². The Morgan fingerprint density at radius 2 is 1.81 bits per heavy atom. The lowest BCUT2D eigenvalue weighted by Crippen LogP contribution is -2.16. The maximum Gasteiger partial charge on any atom is 0.298 e. The molecule has 3 aromatic rings. The molecule has 0 aliphatic rings. The normalized spacial score (nSPS) is 12.0. The van der Waals surface area contributed by atoms with Crippen LogP contribution in [0.4, 0.5) is 17.6 Å². The highest BCUT2D eigenvalue weighted by atomic mass is 32.2. The Morgan fingerprint density at radius 1 is 1.19 bits per heavy atom. The van der Waals surface area contributed by atoms with Crippen molar-refractivity contribution < 1.29 is 30.5 Å². The van der Waals surface area contributed by atoms with Gasteiger partial charge in [0.1, 0.15) is 17.3 Å². The van der Waals surface area contributed by atoms with Crippen LogP contribution < -0.4 is 5.14 Å². The maximum absolute atomic E-state index is 14.2. The van der Waals surface area contributed by atoms with Crippen LogP contribution in [0.15, 0.2) is 39.9 Å². The van der Waals surface area contributed by atoms with E-state index in [1.165, 1.54) is 18.3 Å². The first-order chi connectivity index (χ1) is 12.6. The number of hydrogen-bond acceptors (Lipinski definition) is 5. The standard InChI is InChI=1S/C16H11F4N3O3S/c1-7-9(3-2-4-22-7)13-12(14(16(19)20)26-23-13)8-5-10(17)15(11(18)6-8)27(21,24)25/h2-6,16H,1H3,(H2,21,24,25). The Labute approximate surface area is 150 Å². The lowest BCUT2D eigenvalue weighted by molar-refractivity contribution is 0.113. The van der Waals surface area contributed by atoms with Gasteiger partial charge in [-0.1, -0.05) is 5.16 Å². The van der Waals surface area contributed by atoms with E-state index >= 15 is 0 Å². The Hall–Kier alpha value is -2.79. The van der Waals surface area contributed by atoms with Gasteiger partial charge < -0.3 is 4.52 Å². The molecule has 0 aliphatic heterocycles. The van der Waals surface area contributed by atoms with Gasteiger partial charge >= 0.3 is 0 Å². The summed E-state index contributed by atoms with van der Waals surface area (Å²) in [6, 6.07) is 4.20. The van der Waals surface area contributed by atoms with Gasteiger partial charge in [0.2, 0.25) is 15.8 Å². The molecule has 0 bridgehead atoms. The van der Waals surface area contributed by atoms with Crippen molar-refractivity contribution in [3.05, 3.63) is 53.6 Å². The summed E-state index contributed by atoms with van der Waals surface area (Å²) in [6.07, 6.45) is -1.67. The van der Waals surface area contributed by atoms with Gasteiger partial charge in [-0.05, 0) is 36.8 Å². The van der Waals surface area contributed by atoms with E-state index in [1.807, 2.05) is 0 Å². The molecule has 142 valence electrons. The third-order valence-electron chi connectivity index (χ3n) is 3.75. The fourth-order valence-corrected chi connectivity index (χ4v) is 3.29. The number of primary sulfonamides is 1. The van der Waals surface area contributed by atoms with Crippen LogP contribution in [0.3, 0.4) is 0 Å². The molecule has 0 saturated heterocycles. The molecule has 0 amide bonds. The molecular formula is C16H11F4N3O3S. The molecule has 3 rings (SSSR count). The first-order valence-electron chi connectivity index (χ1n) is 7.33. The fourth-order valence-electron chi connectivity index (χ4n) is 2.63. The molecule has 0 radical (unpaired) electrons. The van der Waals surface area contributed by atoms with E-state index in [1.54, 1.807) is 6.92 Å². The van der Waals surface area contributed by atoms with Crippen LogP contribution in [-0.4, -0.2) is 18.6 Å². The highest BCUT2D eigenvalue weighted by Gasteiger charge is 2.29. The fraction of sp³-hybridized carbons (Fsp3) is 0.125. The SMILES string of the molecule is Cc1ncccc1-c1noc(C(F)F)c1-c1cc(F)c(S(N)(=O)=O)c(F)c1. The number of halogens is 4. The Bertz CT molecular complexity index is 1110. The van der Waals surface area contributed by atoms with Crippen molar-refractivity contribution in [2.45, 2.75) is 18.2 Å². The van der Waals surface area contributed by atoms with Gasteiger partial charge in [-0.15, -0.1) is 0 Å². The summed E-state index contributed by atoms with van der Waals surface area (Å²) in [6.45, 7) is 1.58. The molecule has 2 heterocycles. The van der Waals surface area contributed by atoms with Crippen molar-refractivity contribution in [3.63, 3.8) is 0 Å². The summed E-state index contributed by atoms with van der Waals surface area (Å²) >= 11 is 0. The number of alkyl halides is 2. The van der Waals surface area contributed by atoms with E-state index in [0.29, 0.717) is 23.4 Å². The van der Waals surface area contributed by atoms with Crippen molar-refractivity contribution in [2.75, 3.05) is 0 Å². The van der Waals surface area contributed by atoms with Crippen molar-refractivity contribution in [3.8, 4) is 22.4 Å². The largest absolute Gasteiger partial charge is 0.354 e. The summed E-state index contributed by atoms with van der Waals surface area (Å²) in [7, 11) is -4.69. The number of hydrogen-bond donors (Lipinski definition) is 1. The molecule has 0 aliphatic carbocycles. The molecule has 2 N–H and O–H groups in total. The number of nitrogens with zero attached hydrogens (tertiary/aromatic N) is 2. The second-order valence-corrected chi connectivity index (χ2v) is 7.02. The first-order valence-corrected chi connectivity index (χ1v) is 8.87. The van der Waals surface area contributed by atoms with Crippen molar-refractivity contribution in [1.29, 1.82) is 0 Å². The average Bonchev–Trinajstić information content (AvgIpc) is 2.98. The van der Waals surface area contributed by atoms with Gasteiger partial charge in [-0.2, -0.15) is 0 Å². The summed E-state index contributed by atoms with van der Waals surface area (Å²) < 4.78 is 82.4. The Morgan fingerprint density at radius 3 is 2.33 bits per heavy atom. The number of aromatic nitrogens is 2. The minimum Gasteiger partial charge on any atom is -0.354 e. The molecule has 2 aromatic heterocycles. The monoisotopic (exact) mass is 401 g/mol. The third kappa shape index (κ3) is 3.43. The lowest BCUT2D eigenvalue weighted by Gasteiger charge is -2.09. The molecule has 6 nitrogen and oxygen atoms in total. The van der Waals surface area contributed by atoms with E-state index < -0.39 is 38.7 Å². The molecular weight excluding hydrogens is 390 g/mol. The van der Waals surface area contributed by atoms with Crippen LogP contribution in [0.1, 0.15) is 17.9 Å². The van der Waals surface area contributed by atoms with Crippen LogP contribution in [0.2, 0.25) is 0 Å². The van der Waals surface area contributed by atoms with E-state index in [4.69, 9.17) is 5.14 Å². The zero-order chi connectivity index (χ0) is 19.9. The molecule has 1 aromatic carbocycles. The number of pyridine rings is 1. The quantitative estimate of drug-likeness (QED) is 0.674. The molecule has 0 saturated carbocycles. The summed E-state index contributed by atoms with van der Waals surface area (Å²) in [5, 5.41) is 8.37. The van der Waals surface area contributed by atoms with Crippen LogP contribution in [-0.2, 0) is 10.0 Å². The van der Waals surface area contributed by atoms with Crippen LogP contribution in [0, 0.1) is 18.6 Å². The summed E-state index contributed by atoms with van der Waals surface area (Å²) in [5.74, 6) is -3.97. The van der Waals surface area contributed by atoms with E-state index in [-0.39, 0.29) is 16.8 Å². The van der Waals surface area contributed by atoms with Gasteiger partial charge in [0.15, 0.2) is 4.90 Å². The first kappa shape index (κ1) is 19.0. The van der Waals surface area contributed by atoms with Crippen LogP contribution in [0.5, 0.6) is 0 Å². The molecule has 0 atom stereocenters. The predicted molar refractivity (Wildman–Crippen MR) is 86.2 cm³/mol. The van der Waals surface area contributed by atoms with Crippen molar-refractivity contribution >= 4 is 10.0 Å². The number of aryl methyl sites for hydroxylation is 1. The molecule has 0 fully saturated rings. The smallest absolute Gasteiger partial charge is 0.298 e. The molecule has 0 spiro atoms. The van der Waals surface area contributed by atoms with Gasteiger partial charge in [-0.25, -0.2) is 31.1 Å². The highest BCUT2D eigenvalue weighted by molar-refractivity contribution is 7.89. The van der Waals surface area contributed by atoms with Crippen molar-refractivity contribution in [2.24, 2.45) is 5.14 Å². The zero-order valence-corrected chi connectivity index (χ0v) is 14.4. The number of nitrogens with two attached hydrogens (primary N) is 1. The van der Waals surface area contributed by atoms with Gasteiger partial charge in [0.05, 0.1) is 5.56 Å². The Balaban J connectivity index is 2.32. The number of rotatable bonds is 4. The predicted octanol–water partition coefficient (Wildman–Crippen LogP) is 3.58. The van der Waals surface area contributed by atoms with Crippen LogP contribution in [0.25, 0.3) is 22.4 Å². The number of benzene rings is 1. The van der Waals surface area contributed by atoms with Crippen LogP contribution >= 0.6 is 0 Å². The highest BCUT2D eigenvalue weighted by Crippen LogP contribution is 2.40. The minimum absolute atomic E-state index is 0.113. The maximum atomic E-state index is 14.2. The third-order valence-corrected chi connectivity index (χ3v) is 4.71. The van der Waals surface area contributed by atoms with Gasteiger partial charge in [0.25, 0.3) is 6.43 Å². The molecule has 27 heavy (non-hydrogen) atoms. The number of sulfonamides is 1. The molecule has 0 unspecified atom stereocenters. The van der Waals surface area contributed by atoms with Crippen molar-refractivity contribution in [1.82, 2.24) is 10.1 Å². The average molecular weight is 401 g/mol. The summed E-state index contributed by atoms with van der Waals surface area (Å²) in [4.78, 5) is 2.65. The van der Waals surface area contributed by atoms with Gasteiger partial charge in [-0.3, -0.25) is 4.98 Å². The van der Waals surface area contributed by atoms with Gasteiger partial charge in [0, 0.05) is 17.5 Å². The second-order valence-electron chi connectivity index (χ2n) is 5.52. The van der Waals surface area contributed by atoms with E-state index in [0.717, 1.165) is 0 Å².